The molecule has 4 rings (SSSR count). The molecule has 1 saturated heterocycles. The summed E-state index contributed by atoms with van der Waals surface area (Å²) in [6.45, 7) is 2.64. The lowest BCUT2D eigenvalue weighted by Crippen LogP contribution is -2.46. The van der Waals surface area contributed by atoms with Gasteiger partial charge in [-0.3, -0.25) is 30.1 Å². The van der Waals surface area contributed by atoms with Crippen LogP contribution in [0, 0.1) is 20.2 Å². The molecule has 1 aliphatic rings. The molecule has 2 heterocycles. The van der Waals surface area contributed by atoms with E-state index >= 15 is 0 Å². The van der Waals surface area contributed by atoms with E-state index in [1.54, 1.807) is 30.5 Å². The summed E-state index contributed by atoms with van der Waals surface area (Å²) in [5, 5.41) is 22.8. The molecule has 13 heteroatoms. The smallest absolute Gasteiger partial charge is 0.293 e. The molecule has 0 spiro atoms. The van der Waals surface area contributed by atoms with Crippen LogP contribution >= 0.6 is 0 Å². The molecule has 0 unspecified atom stereocenters. The van der Waals surface area contributed by atoms with Crippen LogP contribution in [-0.4, -0.2) is 54.3 Å². The van der Waals surface area contributed by atoms with Crippen molar-refractivity contribution in [2.24, 2.45) is 0 Å². The Morgan fingerprint density at radius 1 is 0.917 bits per heavy atom. The van der Waals surface area contributed by atoms with Gasteiger partial charge in [-0.25, -0.2) is 13.1 Å². The zero-order valence-corrected chi connectivity index (χ0v) is 20.0. The van der Waals surface area contributed by atoms with Gasteiger partial charge >= 0.3 is 0 Å². The minimum absolute atomic E-state index is 0.0336. The highest BCUT2D eigenvalue weighted by Crippen LogP contribution is 2.32. The SMILES string of the molecule is O=[N+]([O-])c1cccc(CN2CCN(c3ccc(S(=O)(=O)NCc4ccccn4)cc3[N+](=O)[O-])CC2)c1. The molecule has 0 bridgehead atoms. The van der Waals surface area contributed by atoms with Crippen molar-refractivity contribution in [1.82, 2.24) is 14.6 Å². The van der Waals surface area contributed by atoms with Gasteiger partial charge in [0.05, 0.1) is 27.0 Å². The highest BCUT2D eigenvalue weighted by molar-refractivity contribution is 7.89. The van der Waals surface area contributed by atoms with Crippen molar-refractivity contribution < 1.29 is 18.3 Å². The molecule has 12 nitrogen and oxygen atoms in total. The van der Waals surface area contributed by atoms with Crippen molar-refractivity contribution in [3.8, 4) is 0 Å². The molecular formula is C23H24N6O6S. The zero-order chi connectivity index (χ0) is 25.7. The van der Waals surface area contributed by atoms with Gasteiger partial charge in [0, 0.05) is 57.1 Å². The first-order valence-electron chi connectivity index (χ1n) is 11.1. The van der Waals surface area contributed by atoms with Gasteiger partial charge in [-0.1, -0.05) is 18.2 Å². The fourth-order valence-electron chi connectivity index (χ4n) is 4.01. The van der Waals surface area contributed by atoms with Crippen LogP contribution in [0.5, 0.6) is 0 Å². The van der Waals surface area contributed by atoms with Gasteiger partial charge in [0.2, 0.25) is 10.0 Å². The normalized spacial score (nSPS) is 14.5. The molecule has 0 atom stereocenters. The Balaban J connectivity index is 1.44. The highest BCUT2D eigenvalue weighted by atomic mass is 32.2. The summed E-state index contributed by atoms with van der Waals surface area (Å²) in [4.78, 5) is 29.6. The molecule has 1 aromatic heterocycles. The van der Waals surface area contributed by atoms with Crippen LogP contribution < -0.4 is 9.62 Å². The highest BCUT2D eigenvalue weighted by Gasteiger charge is 2.27. The van der Waals surface area contributed by atoms with Crippen LogP contribution in [0.2, 0.25) is 0 Å². The van der Waals surface area contributed by atoms with Gasteiger partial charge in [-0.05, 0) is 29.8 Å². The molecule has 1 N–H and O–H groups in total. The van der Waals surface area contributed by atoms with E-state index in [0.29, 0.717) is 44.1 Å². The Kier molecular flexibility index (Phi) is 7.52. The van der Waals surface area contributed by atoms with Gasteiger partial charge in [0.1, 0.15) is 5.69 Å². The van der Waals surface area contributed by atoms with E-state index in [4.69, 9.17) is 0 Å². The van der Waals surface area contributed by atoms with Crippen molar-refractivity contribution in [2.75, 3.05) is 31.1 Å². The number of nitro benzene ring substituents is 2. The number of rotatable bonds is 9. The number of hydrogen-bond acceptors (Lipinski definition) is 9. The second-order valence-corrected chi connectivity index (χ2v) is 10.0. The first-order valence-corrected chi connectivity index (χ1v) is 12.6. The maximum atomic E-state index is 12.7. The number of nitrogens with one attached hydrogen (secondary N) is 1. The summed E-state index contributed by atoms with van der Waals surface area (Å²) in [6, 6.07) is 15.5. The van der Waals surface area contributed by atoms with Gasteiger partial charge < -0.3 is 4.90 Å². The van der Waals surface area contributed by atoms with E-state index < -0.39 is 19.9 Å². The van der Waals surface area contributed by atoms with Crippen molar-refractivity contribution in [3.05, 3.63) is 98.3 Å². The molecule has 0 amide bonds. The molecule has 0 saturated carbocycles. The third-order valence-corrected chi connectivity index (χ3v) is 7.26. The van der Waals surface area contributed by atoms with Gasteiger partial charge in [-0.15, -0.1) is 0 Å². The lowest BCUT2D eigenvalue weighted by molar-refractivity contribution is -0.385. The maximum absolute atomic E-state index is 12.7. The summed E-state index contributed by atoms with van der Waals surface area (Å²) in [6.07, 6.45) is 1.55. The molecule has 2 aromatic carbocycles. The summed E-state index contributed by atoms with van der Waals surface area (Å²) in [7, 11) is -3.98. The first kappa shape index (κ1) is 25.2. The summed E-state index contributed by atoms with van der Waals surface area (Å²) < 4.78 is 27.9. The van der Waals surface area contributed by atoms with Gasteiger partial charge in [-0.2, -0.15) is 0 Å². The number of piperazine rings is 1. The molecule has 188 valence electrons. The third kappa shape index (κ3) is 6.00. The number of hydrogen-bond donors (Lipinski definition) is 1. The van der Waals surface area contributed by atoms with Crippen LogP contribution in [0.25, 0.3) is 0 Å². The van der Waals surface area contributed by atoms with Crippen molar-refractivity contribution in [2.45, 2.75) is 18.0 Å². The standard InChI is InChI=1S/C23H24N6O6S/c30-28(31)20-6-3-4-18(14-20)17-26-10-12-27(13-11-26)22-8-7-21(15-23(22)29(32)33)36(34,35)25-16-19-5-1-2-9-24-19/h1-9,14-15,25H,10-13,16-17H2. The Morgan fingerprint density at radius 2 is 1.69 bits per heavy atom. The van der Waals surface area contributed by atoms with Gasteiger partial charge in [0.15, 0.2) is 0 Å². The fraction of sp³-hybridized carbons (Fsp3) is 0.261. The van der Waals surface area contributed by atoms with E-state index in [1.165, 1.54) is 24.3 Å². The monoisotopic (exact) mass is 512 g/mol. The predicted octanol–water partition coefficient (Wildman–Crippen LogP) is 2.70. The molecule has 0 radical (unpaired) electrons. The van der Waals surface area contributed by atoms with E-state index in [2.05, 4.69) is 14.6 Å². The molecule has 3 aromatic rings. The molecule has 36 heavy (non-hydrogen) atoms. The number of non-ortho nitro benzene ring substituents is 1. The third-order valence-electron chi connectivity index (χ3n) is 5.86. The Labute approximate surface area is 207 Å². The van der Waals surface area contributed by atoms with E-state index in [9.17, 15) is 28.6 Å². The maximum Gasteiger partial charge on any atom is 0.293 e. The van der Waals surface area contributed by atoms with Crippen LogP contribution in [0.15, 0.2) is 71.8 Å². The lowest BCUT2D eigenvalue weighted by Gasteiger charge is -2.35. The number of sulfonamides is 1. The van der Waals surface area contributed by atoms with Crippen molar-refractivity contribution in [1.29, 1.82) is 0 Å². The minimum atomic E-state index is -3.98. The zero-order valence-electron chi connectivity index (χ0n) is 19.2. The quantitative estimate of drug-likeness (QED) is 0.337. The van der Waals surface area contributed by atoms with E-state index in [-0.39, 0.29) is 22.8 Å². The average Bonchev–Trinajstić information content (AvgIpc) is 2.88. The molecule has 1 aliphatic heterocycles. The van der Waals surface area contributed by atoms with Crippen LogP contribution in [0.1, 0.15) is 11.3 Å². The van der Waals surface area contributed by atoms with Crippen LogP contribution in [-0.2, 0) is 23.1 Å². The first-order chi connectivity index (χ1) is 17.2. The average molecular weight is 513 g/mol. The van der Waals surface area contributed by atoms with Crippen LogP contribution in [0.3, 0.4) is 0 Å². The Hall–Kier alpha value is -3.94. The van der Waals surface area contributed by atoms with Crippen molar-refractivity contribution in [3.63, 3.8) is 0 Å². The van der Waals surface area contributed by atoms with Gasteiger partial charge in [0.25, 0.3) is 11.4 Å². The largest absolute Gasteiger partial charge is 0.363 e. The number of pyridine rings is 1. The molecule has 0 aliphatic carbocycles. The lowest BCUT2D eigenvalue weighted by atomic mass is 10.1. The number of anilines is 1. The Morgan fingerprint density at radius 3 is 2.36 bits per heavy atom. The molecular weight excluding hydrogens is 488 g/mol. The topological polar surface area (TPSA) is 152 Å². The summed E-state index contributed by atoms with van der Waals surface area (Å²) in [5.74, 6) is 0. The molecule has 1 fully saturated rings. The fourth-order valence-corrected chi connectivity index (χ4v) is 5.03. The summed E-state index contributed by atoms with van der Waals surface area (Å²) in [5.41, 5.74) is 1.43. The second-order valence-electron chi connectivity index (χ2n) is 8.24. The second kappa shape index (κ2) is 10.8. The van der Waals surface area contributed by atoms with Crippen molar-refractivity contribution >= 4 is 27.1 Å². The number of nitrogens with zero attached hydrogens (tertiary/aromatic N) is 5. The van der Waals surface area contributed by atoms with Crippen LogP contribution in [0.4, 0.5) is 17.1 Å². The van der Waals surface area contributed by atoms with E-state index in [1.807, 2.05) is 11.0 Å². The summed E-state index contributed by atoms with van der Waals surface area (Å²) >= 11 is 0. The number of benzene rings is 2. The number of nitro groups is 2. The van der Waals surface area contributed by atoms with E-state index in [0.717, 1.165) is 11.6 Å². The number of aromatic nitrogens is 1. The predicted molar refractivity (Wildman–Crippen MR) is 132 cm³/mol. The Bertz CT molecular complexity index is 1360. The minimum Gasteiger partial charge on any atom is -0.363 e.